The van der Waals surface area contributed by atoms with Gasteiger partial charge in [-0.3, -0.25) is 4.98 Å². The van der Waals surface area contributed by atoms with Crippen LogP contribution in [0.3, 0.4) is 0 Å². The monoisotopic (exact) mass is 399 g/mol. The van der Waals surface area contributed by atoms with E-state index in [4.69, 9.17) is 5.73 Å². The average Bonchev–Trinajstić information content (AvgIpc) is 3.11. The number of nitriles is 1. The second-order valence-corrected chi connectivity index (χ2v) is 8.52. The number of aromatic nitrogens is 1. The summed E-state index contributed by atoms with van der Waals surface area (Å²) in [5.41, 5.74) is 14.4. The van der Waals surface area contributed by atoms with Gasteiger partial charge in [-0.05, 0) is 42.6 Å². The maximum absolute atomic E-state index is 9.72. The quantitative estimate of drug-likeness (QED) is 0.699. The normalized spacial score (nSPS) is 25.8. The summed E-state index contributed by atoms with van der Waals surface area (Å²) >= 11 is 0. The molecule has 0 aromatic carbocycles. The zero-order valence-corrected chi connectivity index (χ0v) is 17.9. The highest BCUT2D eigenvalue weighted by Crippen LogP contribution is 2.38. The van der Waals surface area contributed by atoms with Gasteiger partial charge in [-0.15, -0.1) is 0 Å². The summed E-state index contributed by atoms with van der Waals surface area (Å²) in [4.78, 5) is 4.29. The highest BCUT2D eigenvalue weighted by Gasteiger charge is 2.33. The number of rotatable bonds is 4. The molecule has 2 aliphatic carbocycles. The molecule has 5 nitrogen and oxygen atoms in total. The van der Waals surface area contributed by atoms with Gasteiger partial charge in [0, 0.05) is 47.7 Å². The Morgan fingerprint density at radius 2 is 2.07 bits per heavy atom. The van der Waals surface area contributed by atoms with Crippen molar-refractivity contribution in [2.45, 2.75) is 39.7 Å². The molecule has 4 N–H and O–H groups in total. The fraction of sp³-hybridized carbons (Fsp3) is 0.360. The molecule has 1 saturated heterocycles. The molecule has 154 valence electrons. The van der Waals surface area contributed by atoms with Gasteiger partial charge in [-0.25, -0.2) is 0 Å². The van der Waals surface area contributed by atoms with Crippen LogP contribution in [-0.4, -0.2) is 17.6 Å². The standard InChI is InChI=1S/C25H29N5/c1-15-10-22-23(16(2)12-29-22)17(3)24(15)30-25-19(13-28-14-20(25)11-26)7-4-18-5-8-21(27)9-6-18/h4-5,7-8,10,13-16,24,29H,6,9,12,27H2,1-3H3,(H,28,30)/b7-4+. The number of nitrogens with zero attached hydrogens (tertiary/aromatic N) is 2. The van der Waals surface area contributed by atoms with Crippen LogP contribution in [0.25, 0.3) is 6.08 Å². The molecule has 30 heavy (non-hydrogen) atoms. The van der Waals surface area contributed by atoms with Gasteiger partial charge in [0.2, 0.25) is 0 Å². The number of nitrogens with one attached hydrogen (secondary N) is 2. The van der Waals surface area contributed by atoms with E-state index in [1.807, 2.05) is 18.3 Å². The molecule has 4 rings (SSSR count). The maximum atomic E-state index is 9.72. The van der Waals surface area contributed by atoms with Gasteiger partial charge in [0.1, 0.15) is 6.07 Å². The van der Waals surface area contributed by atoms with E-state index in [9.17, 15) is 5.26 Å². The van der Waals surface area contributed by atoms with Crippen molar-refractivity contribution in [2.75, 3.05) is 11.9 Å². The van der Waals surface area contributed by atoms with Gasteiger partial charge in [0.15, 0.2) is 0 Å². The third-order valence-corrected chi connectivity index (χ3v) is 6.31. The summed E-state index contributed by atoms with van der Waals surface area (Å²) in [6.45, 7) is 7.69. The van der Waals surface area contributed by atoms with Crippen LogP contribution in [0, 0.1) is 23.2 Å². The molecule has 5 heteroatoms. The highest BCUT2D eigenvalue weighted by molar-refractivity contribution is 5.73. The number of pyridine rings is 1. The molecule has 0 radical (unpaired) electrons. The smallest absolute Gasteiger partial charge is 0.103 e. The first-order chi connectivity index (χ1) is 14.5. The highest BCUT2D eigenvalue weighted by atomic mass is 15.0. The van der Waals surface area contributed by atoms with Crippen molar-refractivity contribution in [2.24, 2.45) is 17.6 Å². The molecule has 3 aliphatic rings. The van der Waals surface area contributed by atoms with Crippen LogP contribution in [0.1, 0.15) is 44.7 Å². The molecule has 3 unspecified atom stereocenters. The van der Waals surface area contributed by atoms with E-state index in [2.05, 4.69) is 60.7 Å². The van der Waals surface area contributed by atoms with E-state index < -0.39 is 0 Å². The summed E-state index contributed by atoms with van der Waals surface area (Å²) in [5, 5.41) is 17.0. The number of nitrogens with two attached hydrogens (primary N) is 1. The van der Waals surface area contributed by atoms with Crippen molar-refractivity contribution < 1.29 is 0 Å². The van der Waals surface area contributed by atoms with Crippen LogP contribution in [0.4, 0.5) is 5.69 Å². The predicted molar refractivity (Wildman–Crippen MR) is 122 cm³/mol. The Kier molecular flexibility index (Phi) is 5.50. The Hall–Kier alpha value is -3.26. The Morgan fingerprint density at radius 3 is 2.80 bits per heavy atom. The third kappa shape index (κ3) is 3.78. The number of allylic oxidation sites excluding steroid dienone is 6. The van der Waals surface area contributed by atoms with E-state index >= 15 is 0 Å². The Labute approximate surface area is 178 Å². The first-order valence-corrected chi connectivity index (χ1v) is 10.6. The summed E-state index contributed by atoms with van der Waals surface area (Å²) in [5.74, 6) is 0.811. The Balaban J connectivity index is 1.67. The van der Waals surface area contributed by atoms with Crippen molar-refractivity contribution in [1.82, 2.24) is 10.3 Å². The number of hydrogen-bond donors (Lipinski definition) is 3. The van der Waals surface area contributed by atoms with E-state index in [0.29, 0.717) is 17.4 Å². The number of hydrogen-bond acceptors (Lipinski definition) is 5. The van der Waals surface area contributed by atoms with Gasteiger partial charge in [-0.2, -0.15) is 5.26 Å². The predicted octanol–water partition coefficient (Wildman–Crippen LogP) is 4.40. The van der Waals surface area contributed by atoms with Crippen LogP contribution in [0.2, 0.25) is 0 Å². The lowest BCUT2D eigenvalue weighted by molar-refractivity contribution is 0.609. The molecular formula is C25H29N5. The van der Waals surface area contributed by atoms with Gasteiger partial charge in [-0.1, -0.05) is 38.2 Å². The molecule has 1 aliphatic heterocycles. The molecule has 1 fully saturated rings. The maximum Gasteiger partial charge on any atom is 0.103 e. The Morgan fingerprint density at radius 1 is 1.23 bits per heavy atom. The van der Waals surface area contributed by atoms with Crippen molar-refractivity contribution in [3.8, 4) is 6.07 Å². The summed E-state index contributed by atoms with van der Waals surface area (Å²) in [7, 11) is 0. The van der Waals surface area contributed by atoms with E-state index in [-0.39, 0.29) is 6.04 Å². The van der Waals surface area contributed by atoms with Crippen molar-refractivity contribution in [3.05, 3.63) is 75.9 Å². The van der Waals surface area contributed by atoms with Crippen LogP contribution in [-0.2, 0) is 0 Å². The van der Waals surface area contributed by atoms with Crippen molar-refractivity contribution >= 4 is 11.8 Å². The lowest BCUT2D eigenvalue weighted by Crippen LogP contribution is -2.32. The molecule has 1 aromatic heterocycles. The van der Waals surface area contributed by atoms with E-state index in [0.717, 1.165) is 36.3 Å². The largest absolute Gasteiger partial charge is 0.402 e. The molecule has 3 atom stereocenters. The molecule has 0 amide bonds. The number of fused-ring (bicyclic) bond motifs is 1. The minimum Gasteiger partial charge on any atom is -0.402 e. The van der Waals surface area contributed by atoms with Gasteiger partial charge in [0.25, 0.3) is 0 Å². The molecule has 0 saturated carbocycles. The molecule has 1 aromatic rings. The summed E-state index contributed by atoms with van der Waals surface area (Å²) in [6, 6.07) is 2.45. The molecular weight excluding hydrogens is 370 g/mol. The van der Waals surface area contributed by atoms with Crippen LogP contribution >= 0.6 is 0 Å². The van der Waals surface area contributed by atoms with Crippen LogP contribution in [0.5, 0.6) is 0 Å². The lowest BCUT2D eigenvalue weighted by Gasteiger charge is -2.32. The summed E-state index contributed by atoms with van der Waals surface area (Å²) in [6.07, 6.45) is 15.8. The van der Waals surface area contributed by atoms with Gasteiger partial charge >= 0.3 is 0 Å². The fourth-order valence-electron chi connectivity index (χ4n) is 4.65. The lowest BCUT2D eigenvalue weighted by atomic mass is 9.82. The Bertz CT molecular complexity index is 1050. The zero-order valence-electron chi connectivity index (χ0n) is 17.9. The first-order valence-electron chi connectivity index (χ1n) is 10.6. The minimum atomic E-state index is 0.143. The fourth-order valence-corrected chi connectivity index (χ4v) is 4.65. The van der Waals surface area contributed by atoms with Crippen molar-refractivity contribution in [1.29, 1.82) is 5.26 Å². The first kappa shape index (κ1) is 20.0. The van der Waals surface area contributed by atoms with E-state index in [1.165, 1.54) is 22.4 Å². The average molecular weight is 400 g/mol. The number of anilines is 1. The van der Waals surface area contributed by atoms with Gasteiger partial charge in [0.05, 0.1) is 17.3 Å². The summed E-state index contributed by atoms with van der Waals surface area (Å²) < 4.78 is 0. The molecule has 0 spiro atoms. The zero-order chi connectivity index (χ0) is 21.3. The topological polar surface area (TPSA) is 86.8 Å². The third-order valence-electron chi connectivity index (χ3n) is 6.31. The van der Waals surface area contributed by atoms with E-state index in [1.54, 1.807) is 6.20 Å². The minimum absolute atomic E-state index is 0.143. The second-order valence-electron chi connectivity index (χ2n) is 8.52. The van der Waals surface area contributed by atoms with Crippen LogP contribution in [0.15, 0.2) is 64.8 Å². The molecule has 0 bridgehead atoms. The van der Waals surface area contributed by atoms with Crippen LogP contribution < -0.4 is 16.4 Å². The van der Waals surface area contributed by atoms with Gasteiger partial charge < -0.3 is 16.4 Å². The SMILES string of the molecule is CC1=C2C(=CC(C)C1Nc1c(C#N)cncc1/C=C/C1=CC=C(N)CC1)NCC2C. The molecule has 2 heterocycles. The second kappa shape index (κ2) is 8.23. The van der Waals surface area contributed by atoms with Crippen molar-refractivity contribution in [3.63, 3.8) is 0 Å².